The van der Waals surface area contributed by atoms with E-state index in [1.165, 1.54) is 11.1 Å². The van der Waals surface area contributed by atoms with Crippen molar-refractivity contribution < 1.29 is 14.7 Å². The molecule has 0 aromatic heterocycles. The number of rotatable bonds is 6. The molecular weight excluding hydrogens is 326 g/mol. The van der Waals surface area contributed by atoms with Gasteiger partial charge in [-0.05, 0) is 49.8 Å². The molecule has 1 fully saturated rings. The fourth-order valence-corrected chi connectivity index (χ4v) is 3.70. The lowest BCUT2D eigenvalue weighted by Crippen LogP contribution is -2.37. The molecule has 1 saturated heterocycles. The van der Waals surface area contributed by atoms with E-state index in [0.29, 0.717) is 12.8 Å². The minimum absolute atomic E-state index is 0.125. The van der Waals surface area contributed by atoms with Gasteiger partial charge in [-0.3, -0.25) is 4.79 Å². The zero-order valence-electron chi connectivity index (χ0n) is 15.1. The van der Waals surface area contributed by atoms with Gasteiger partial charge in [0.05, 0.1) is 5.56 Å². The number of likely N-dealkylation sites (tertiary alicyclic amines) is 1. The van der Waals surface area contributed by atoms with E-state index in [9.17, 15) is 14.7 Å². The molecule has 2 aromatic carbocycles. The van der Waals surface area contributed by atoms with Crippen molar-refractivity contribution in [2.75, 3.05) is 6.54 Å². The van der Waals surface area contributed by atoms with Gasteiger partial charge >= 0.3 is 5.97 Å². The Morgan fingerprint density at radius 2 is 1.85 bits per heavy atom. The Morgan fingerprint density at radius 3 is 2.58 bits per heavy atom. The lowest BCUT2D eigenvalue weighted by atomic mass is 10.0. The summed E-state index contributed by atoms with van der Waals surface area (Å²) in [7, 11) is 0. The van der Waals surface area contributed by atoms with Crippen LogP contribution in [0, 0.1) is 6.92 Å². The summed E-state index contributed by atoms with van der Waals surface area (Å²) >= 11 is 0. The van der Waals surface area contributed by atoms with Crippen molar-refractivity contribution in [3.63, 3.8) is 0 Å². The highest BCUT2D eigenvalue weighted by Crippen LogP contribution is 2.23. The van der Waals surface area contributed by atoms with Gasteiger partial charge in [-0.25, -0.2) is 4.79 Å². The summed E-state index contributed by atoms with van der Waals surface area (Å²) in [6.07, 6.45) is 3.78. The number of nitrogens with zero attached hydrogens (tertiary/aromatic N) is 1. The van der Waals surface area contributed by atoms with Gasteiger partial charge in [0.25, 0.3) is 0 Å². The highest BCUT2D eigenvalue weighted by atomic mass is 16.4. The minimum Gasteiger partial charge on any atom is -0.478 e. The minimum atomic E-state index is -0.938. The maximum absolute atomic E-state index is 12.7. The molecule has 3 rings (SSSR count). The molecule has 1 amide bonds. The van der Waals surface area contributed by atoms with Crippen LogP contribution in [0.4, 0.5) is 0 Å². The van der Waals surface area contributed by atoms with Gasteiger partial charge in [-0.1, -0.05) is 48.0 Å². The van der Waals surface area contributed by atoms with Crippen LogP contribution in [-0.2, 0) is 17.6 Å². The molecule has 26 heavy (non-hydrogen) atoms. The first-order valence-corrected chi connectivity index (χ1v) is 9.21. The lowest BCUT2D eigenvalue weighted by Gasteiger charge is -2.25. The molecule has 4 nitrogen and oxygen atoms in total. The number of hydrogen-bond donors (Lipinski definition) is 1. The number of carbonyl (C=O) groups is 2. The molecule has 0 aliphatic carbocycles. The number of benzene rings is 2. The zero-order valence-corrected chi connectivity index (χ0v) is 15.1. The van der Waals surface area contributed by atoms with Crippen molar-refractivity contribution in [1.82, 2.24) is 4.90 Å². The van der Waals surface area contributed by atoms with Crippen molar-refractivity contribution in [2.24, 2.45) is 0 Å². The molecule has 1 N–H and O–H groups in total. The fraction of sp³-hybridized carbons (Fsp3) is 0.364. The summed E-state index contributed by atoms with van der Waals surface area (Å²) in [4.78, 5) is 26.0. The Hall–Kier alpha value is -2.62. The zero-order chi connectivity index (χ0) is 18.5. The van der Waals surface area contributed by atoms with Gasteiger partial charge in [0.2, 0.25) is 5.91 Å². The van der Waals surface area contributed by atoms with Gasteiger partial charge in [0.15, 0.2) is 0 Å². The average Bonchev–Trinajstić information content (AvgIpc) is 3.10. The second kappa shape index (κ2) is 8.17. The first-order chi connectivity index (χ1) is 12.5. The molecule has 1 unspecified atom stereocenters. The molecule has 1 aliphatic rings. The van der Waals surface area contributed by atoms with Gasteiger partial charge in [-0.15, -0.1) is 0 Å². The summed E-state index contributed by atoms with van der Waals surface area (Å²) in [6.45, 7) is 2.88. The predicted octanol–water partition coefficient (Wildman–Crippen LogP) is 3.86. The van der Waals surface area contributed by atoms with Crippen LogP contribution in [-0.4, -0.2) is 34.5 Å². The van der Waals surface area contributed by atoms with E-state index < -0.39 is 5.97 Å². The highest BCUT2D eigenvalue weighted by molar-refractivity contribution is 5.89. The second-order valence-corrected chi connectivity index (χ2v) is 7.04. The fourth-order valence-electron chi connectivity index (χ4n) is 3.70. The van der Waals surface area contributed by atoms with Gasteiger partial charge in [0, 0.05) is 19.0 Å². The molecular formula is C22H25NO3. The number of carbonyl (C=O) groups excluding carboxylic acids is 1. The number of carboxylic acids is 1. The topological polar surface area (TPSA) is 57.6 Å². The van der Waals surface area contributed by atoms with E-state index in [4.69, 9.17) is 0 Å². The standard InChI is InChI=1S/C22H25NO3/c1-16-8-10-17(11-9-16)15-19-6-4-14-23(19)21(24)13-12-18-5-2-3-7-20(18)22(25)26/h2-3,5,7-11,19H,4,6,12-15H2,1H3,(H,25,26). The number of aromatic carboxylic acids is 1. The number of aryl methyl sites for hydroxylation is 2. The van der Waals surface area contributed by atoms with E-state index in [-0.39, 0.29) is 17.5 Å². The number of amides is 1. The van der Waals surface area contributed by atoms with Gasteiger partial charge < -0.3 is 10.0 Å². The second-order valence-electron chi connectivity index (χ2n) is 7.04. The van der Waals surface area contributed by atoms with E-state index in [0.717, 1.165) is 31.4 Å². The van der Waals surface area contributed by atoms with Crippen molar-refractivity contribution in [1.29, 1.82) is 0 Å². The predicted molar refractivity (Wildman–Crippen MR) is 101 cm³/mol. The van der Waals surface area contributed by atoms with Crippen LogP contribution in [0.2, 0.25) is 0 Å². The number of carboxylic acid groups (broad SMARTS) is 1. The van der Waals surface area contributed by atoms with Crippen LogP contribution >= 0.6 is 0 Å². The summed E-state index contributed by atoms with van der Waals surface area (Å²) in [6, 6.07) is 15.7. The normalized spacial score (nSPS) is 16.7. The Kier molecular flexibility index (Phi) is 5.71. The Balaban J connectivity index is 1.62. The highest BCUT2D eigenvalue weighted by Gasteiger charge is 2.28. The third kappa shape index (κ3) is 4.31. The van der Waals surface area contributed by atoms with Crippen LogP contribution in [0.25, 0.3) is 0 Å². The van der Waals surface area contributed by atoms with Crippen LogP contribution < -0.4 is 0 Å². The molecule has 1 heterocycles. The molecule has 2 aromatic rings. The molecule has 0 radical (unpaired) electrons. The van der Waals surface area contributed by atoms with E-state index in [1.54, 1.807) is 18.2 Å². The van der Waals surface area contributed by atoms with Gasteiger partial charge in [-0.2, -0.15) is 0 Å². The average molecular weight is 351 g/mol. The summed E-state index contributed by atoms with van der Waals surface area (Å²) in [5.41, 5.74) is 3.52. The molecule has 0 spiro atoms. The largest absolute Gasteiger partial charge is 0.478 e. The maximum atomic E-state index is 12.7. The van der Waals surface area contributed by atoms with Crippen molar-refractivity contribution in [2.45, 2.75) is 45.1 Å². The third-order valence-electron chi connectivity index (χ3n) is 5.15. The van der Waals surface area contributed by atoms with Crippen LogP contribution in [0.1, 0.15) is 46.3 Å². The molecule has 4 heteroatoms. The molecule has 136 valence electrons. The number of hydrogen-bond acceptors (Lipinski definition) is 2. The summed E-state index contributed by atoms with van der Waals surface area (Å²) in [5, 5.41) is 9.27. The van der Waals surface area contributed by atoms with Crippen molar-refractivity contribution in [3.8, 4) is 0 Å². The smallest absolute Gasteiger partial charge is 0.335 e. The third-order valence-corrected chi connectivity index (χ3v) is 5.15. The Morgan fingerprint density at radius 1 is 1.12 bits per heavy atom. The quantitative estimate of drug-likeness (QED) is 0.860. The van der Waals surface area contributed by atoms with Gasteiger partial charge in [0.1, 0.15) is 0 Å². The lowest BCUT2D eigenvalue weighted by molar-refractivity contribution is -0.131. The Labute approximate surface area is 154 Å². The molecule has 1 aliphatic heterocycles. The first kappa shape index (κ1) is 18.2. The van der Waals surface area contributed by atoms with E-state index in [2.05, 4.69) is 31.2 Å². The monoisotopic (exact) mass is 351 g/mol. The summed E-state index contributed by atoms with van der Waals surface area (Å²) < 4.78 is 0. The molecule has 1 atom stereocenters. The Bertz CT molecular complexity index is 782. The summed E-state index contributed by atoms with van der Waals surface area (Å²) in [5.74, 6) is -0.814. The van der Waals surface area contributed by atoms with Crippen LogP contribution in [0.5, 0.6) is 0 Å². The van der Waals surface area contributed by atoms with Crippen molar-refractivity contribution in [3.05, 3.63) is 70.8 Å². The van der Waals surface area contributed by atoms with Crippen molar-refractivity contribution >= 4 is 11.9 Å². The van der Waals surface area contributed by atoms with Crippen LogP contribution in [0.15, 0.2) is 48.5 Å². The molecule has 0 saturated carbocycles. The first-order valence-electron chi connectivity index (χ1n) is 9.21. The molecule has 0 bridgehead atoms. The maximum Gasteiger partial charge on any atom is 0.335 e. The van der Waals surface area contributed by atoms with E-state index >= 15 is 0 Å². The van der Waals surface area contributed by atoms with Crippen LogP contribution in [0.3, 0.4) is 0 Å². The van der Waals surface area contributed by atoms with E-state index in [1.807, 2.05) is 11.0 Å². The SMILES string of the molecule is Cc1ccc(CC2CCCN2C(=O)CCc2ccccc2C(=O)O)cc1.